The van der Waals surface area contributed by atoms with Crippen molar-refractivity contribution in [1.82, 2.24) is 9.97 Å². The summed E-state index contributed by atoms with van der Waals surface area (Å²) in [5, 5.41) is 0.537. The van der Waals surface area contributed by atoms with Crippen molar-refractivity contribution in [3.8, 4) is 17.1 Å². The van der Waals surface area contributed by atoms with Gasteiger partial charge in [-0.05, 0) is 18.2 Å². The van der Waals surface area contributed by atoms with E-state index >= 15 is 0 Å². The molecule has 0 atom stereocenters. The highest BCUT2D eigenvalue weighted by atomic mass is 35.5. The molecule has 0 amide bonds. The number of rotatable bonds is 3. The number of benzene rings is 1. The van der Waals surface area contributed by atoms with E-state index in [1.54, 1.807) is 12.1 Å². The summed E-state index contributed by atoms with van der Waals surface area (Å²) in [6, 6.07) is 4.76. The van der Waals surface area contributed by atoms with E-state index in [0.29, 0.717) is 21.3 Å². The summed E-state index contributed by atoms with van der Waals surface area (Å²) in [6.07, 6.45) is 1.23. The molecule has 0 bridgehead atoms. The number of halogens is 5. The number of aromatic nitrogens is 2. The predicted molar refractivity (Wildman–Crippen MR) is 69.1 cm³/mol. The fraction of sp³-hybridized carbons (Fsp3) is 0.0909. The van der Waals surface area contributed by atoms with Gasteiger partial charge in [0.15, 0.2) is 5.15 Å². The first-order valence-corrected chi connectivity index (χ1v) is 6.03. The van der Waals surface area contributed by atoms with Gasteiger partial charge in [0.1, 0.15) is 0 Å². The van der Waals surface area contributed by atoms with Crippen LogP contribution in [0.3, 0.4) is 0 Å². The van der Waals surface area contributed by atoms with Crippen molar-refractivity contribution in [2.75, 3.05) is 0 Å². The molecule has 0 aliphatic heterocycles. The summed E-state index contributed by atoms with van der Waals surface area (Å²) in [5.74, 6) is -0.439. The first-order valence-electron chi connectivity index (χ1n) is 4.90. The highest BCUT2D eigenvalue weighted by molar-refractivity contribution is 6.36. The minimum Gasteiger partial charge on any atom is -0.414 e. The summed E-state index contributed by atoms with van der Waals surface area (Å²) in [5.41, 5.74) is 0.859. The van der Waals surface area contributed by atoms with Gasteiger partial charge in [-0.2, -0.15) is 8.78 Å². The van der Waals surface area contributed by atoms with Crippen LogP contribution in [0, 0.1) is 0 Å². The van der Waals surface area contributed by atoms with Crippen molar-refractivity contribution in [2.45, 2.75) is 6.61 Å². The van der Waals surface area contributed by atoms with Crippen LogP contribution in [0.15, 0.2) is 24.4 Å². The van der Waals surface area contributed by atoms with E-state index in [0.717, 1.165) is 0 Å². The average Bonchev–Trinajstić information content (AvgIpc) is 2.31. The lowest BCUT2D eigenvalue weighted by Gasteiger charge is -2.07. The van der Waals surface area contributed by atoms with Crippen LogP contribution in [-0.4, -0.2) is 16.6 Å². The molecule has 8 heteroatoms. The van der Waals surface area contributed by atoms with E-state index in [1.807, 2.05) is 0 Å². The molecular formula is C11H5Cl3F2N2O. The molecule has 0 saturated heterocycles. The second-order valence-electron chi connectivity index (χ2n) is 3.35. The van der Waals surface area contributed by atoms with Gasteiger partial charge in [-0.1, -0.05) is 34.8 Å². The van der Waals surface area contributed by atoms with Crippen molar-refractivity contribution >= 4 is 34.8 Å². The van der Waals surface area contributed by atoms with Crippen LogP contribution in [0.25, 0.3) is 11.3 Å². The third kappa shape index (κ3) is 3.43. The van der Waals surface area contributed by atoms with E-state index in [9.17, 15) is 8.78 Å². The molecular weight excluding hydrogens is 320 g/mol. The Bertz CT molecular complexity index is 610. The lowest BCUT2D eigenvalue weighted by Crippen LogP contribution is -2.05. The van der Waals surface area contributed by atoms with E-state index in [-0.39, 0.29) is 5.15 Å². The fourth-order valence-corrected chi connectivity index (χ4v) is 2.04. The zero-order valence-electron chi connectivity index (χ0n) is 9.08. The van der Waals surface area contributed by atoms with E-state index in [2.05, 4.69) is 14.7 Å². The number of nitrogens with zero attached hydrogens (tertiary/aromatic N) is 2. The molecule has 2 rings (SSSR count). The molecule has 2 aromatic rings. The van der Waals surface area contributed by atoms with Gasteiger partial charge < -0.3 is 4.74 Å². The molecule has 0 saturated carbocycles. The van der Waals surface area contributed by atoms with Crippen LogP contribution >= 0.6 is 34.8 Å². The van der Waals surface area contributed by atoms with Gasteiger partial charge >= 0.3 is 6.61 Å². The zero-order chi connectivity index (χ0) is 14.0. The Hall–Kier alpha value is -1.17. The van der Waals surface area contributed by atoms with E-state index < -0.39 is 12.5 Å². The van der Waals surface area contributed by atoms with Gasteiger partial charge in [-0.3, -0.25) is 0 Å². The first-order chi connectivity index (χ1) is 8.97. The Morgan fingerprint density at radius 2 is 1.89 bits per heavy atom. The molecule has 0 fully saturated rings. The lowest BCUT2D eigenvalue weighted by atomic mass is 10.1. The SMILES string of the molecule is FC(F)Oc1ncc(-c2ccc(Cl)cc2Cl)nc1Cl. The largest absolute Gasteiger partial charge is 0.414 e. The van der Waals surface area contributed by atoms with Crippen LogP contribution in [0.1, 0.15) is 0 Å². The smallest absolute Gasteiger partial charge is 0.388 e. The number of alkyl halides is 2. The zero-order valence-corrected chi connectivity index (χ0v) is 11.3. The minimum atomic E-state index is -3.02. The van der Waals surface area contributed by atoms with Crippen LogP contribution in [0.4, 0.5) is 8.78 Å². The third-order valence-corrected chi connectivity index (χ3v) is 2.90. The highest BCUT2D eigenvalue weighted by Gasteiger charge is 2.14. The summed E-state index contributed by atoms with van der Waals surface area (Å²) < 4.78 is 28.2. The highest BCUT2D eigenvalue weighted by Crippen LogP contribution is 2.31. The Kier molecular flexibility index (Phi) is 4.39. The quantitative estimate of drug-likeness (QED) is 0.820. The van der Waals surface area contributed by atoms with Gasteiger partial charge in [-0.15, -0.1) is 0 Å². The Morgan fingerprint density at radius 3 is 2.47 bits per heavy atom. The maximum absolute atomic E-state index is 12.0. The van der Waals surface area contributed by atoms with Crippen LogP contribution in [-0.2, 0) is 0 Å². The topological polar surface area (TPSA) is 35.0 Å². The normalized spacial score (nSPS) is 10.8. The summed E-state index contributed by atoms with van der Waals surface area (Å²) in [7, 11) is 0. The molecule has 1 aromatic carbocycles. The van der Waals surface area contributed by atoms with E-state index in [4.69, 9.17) is 34.8 Å². The van der Waals surface area contributed by atoms with E-state index in [1.165, 1.54) is 12.3 Å². The van der Waals surface area contributed by atoms with Crippen LogP contribution < -0.4 is 4.74 Å². The number of hydrogen-bond donors (Lipinski definition) is 0. The second kappa shape index (κ2) is 5.86. The van der Waals surface area contributed by atoms with Crippen LogP contribution in [0.5, 0.6) is 5.88 Å². The van der Waals surface area contributed by atoms with Gasteiger partial charge in [0.25, 0.3) is 5.88 Å². The molecule has 0 unspecified atom stereocenters. The molecule has 0 radical (unpaired) electrons. The average molecular weight is 326 g/mol. The lowest BCUT2D eigenvalue weighted by molar-refractivity contribution is -0.0530. The molecule has 0 aliphatic carbocycles. The van der Waals surface area contributed by atoms with Gasteiger partial charge in [-0.25, -0.2) is 9.97 Å². The van der Waals surface area contributed by atoms with Gasteiger partial charge in [0, 0.05) is 10.6 Å². The maximum atomic E-state index is 12.0. The second-order valence-corrected chi connectivity index (χ2v) is 4.56. The third-order valence-electron chi connectivity index (χ3n) is 2.11. The first kappa shape index (κ1) is 14.2. The Labute approximate surface area is 122 Å². The summed E-state index contributed by atoms with van der Waals surface area (Å²) >= 11 is 17.5. The number of ether oxygens (including phenoxy) is 1. The number of hydrogen-bond acceptors (Lipinski definition) is 3. The monoisotopic (exact) mass is 324 g/mol. The molecule has 19 heavy (non-hydrogen) atoms. The standard InChI is InChI=1S/C11H5Cl3F2N2O/c12-5-1-2-6(7(13)3-5)8-4-17-10(9(14)18-8)19-11(15)16/h1-4,11H. The Morgan fingerprint density at radius 1 is 1.16 bits per heavy atom. The van der Waals surface area contributed by atoms with Gasteiger partial charge in [0.05, 0.1) is 16.9 Å². The van der Waals surface area contributed by atoms with Gasteiger partial charge in [0.2, 0.25) is 0 Å². The molecule has 100 valence electrons. The molecule has 0 spiro atoms. The molecule has 0 N–H and O–H groups in total. The summed E-state index contributed by atoms with van der Waals surface area (Å²) in [6.45, 7) is -3.02. The van der Waals surface area contributed by atoms with Crippen molar-refractivity contribution in [3.63, 3.8) is 0 Å². The molecule has 1 aromatic heterocycles. The fourth-order valence-electron chi connectivity index (χ4n) is 1.35. The maximum Gasteiger partial charge on any atom is 0.388 e. The van der Waals surface area contributed by atoms with Crippen molar-refractivity contribution < 1.29 is 13.5 Å². The predicted octanol–water partition coefficient (Wildman–Crippen LogP) is 4.71. The summed E-state index contributed by atoms with van der Waals surface area (Å²) in [4.78, 5) is 7.57. The van der Waals surface area contributed by atoms with Crippen molar-refractivity contribution in [2.24, 2.45) is 0 Å². The van der Waals surface area contributed by atoms with Crippen molar-refractivity contribution in [3.05, 3.63) is 39.6 Å². The molecule has 3 nitrogen and oxygen atoms in total. The van der Waals surface area contributed by atoms with Crippen LogP contribution in [0.2, 0.25) is 15.2 Å². The minimum absolute atomic E-state index is 0.274. The van der Waals surface area contributed by atoms with Crippen molar-refractivity contribution in [1.29, 1.82) is 0 Å². The Balaban J connectivity index is 2.39. The molecule has 0 aliphatic rings. The molecule has 1 heterocycles.